The quantitative estimate of drug-likeness (QED) is 0.837. The van der Waals surface area contributed by atoms with Crippen molar-refractivity contribution in [1.82, 2.24) is 4.98 Å². The average molecular weight is 215 g/mol. The molecule has 3 heteroatoms. The summed E-state index contributed by atoms with van der Waals surface area (Å²) in [6.07, 6.45) is 0. The van der Waals surface area contributed by atoms with Crippen molar-refractivity contribution in [3.05, 3.63) is 42.1 Å². The molecular weight excluding hydrogens is 202 g/mol. The molecule has 0 aliphatic rings. The average Bonchev–Trinajstić information content (AvgIpc) is 2.30. The number of ether oxygens (including phenoxy) is 1. The van der Waals surface area contributed by atoms with E-state index in [0.717, 1.165) is 16.8 Å². The van der Waals surface area contributed by atoms with Crippen molar-refractivity contribution in [3.8, 4) is 22.8 Å². The van der Waals surface area contributed by atoms with Crippen LogP contribution in [0.4, 0.5) is 0 Å². The van der Waals surface area contributed by atoms with E-state index in [0.29, 0.717) is 5.88 Å². The highest BCUT2D eigenvalue weighted by atomic mass is 16.5. The number of aryl methyl sites for hydroxylation is 1. The summed E-state index contributed by atoms with van der Waals surface area (Å²) in [5, 5.41) is 9.22. The summed E-state index contributed by atoms with van der Waals surface area (Å²) in [5.41, 5.74) is 2.98. The number of phenolic OH excluding ortho intramolecular Hbond substituents is 1. The molecule has 0 aliphatic heterocycles. The van der Waals surface area contributed by atoms with E-state index < -0.39 is 0 Å². The normalized spacial score (nSPS) is 10.1. The Balaban J connectivity index is 2.44. The van der Waals surface area contributed by atoms with Gasteiger partial charge in [0, 0.05) is 17.3 Å². The smallest absolute Gasteiger partial charge is 0.213 e. The number of aromatic hydroxyl groups is 1. The van der Waals surface area contributed by atoms with Crippen LogP contribution in [-0.2, 0) is 0 Å². The molecule has 0 saturated carbocycles. The molecule has 0 fully saturated rings. The van der Waals surface area contributed by atoms with E-state index in [1.165, 1.54) is 0 Å². The van der Waals surface area contributed by atoms with E-state index >= 15 is 0 Å². The molecule has 3 nitrogen and oxygen atoms in total. The second-order valence-corrected chi connectivity index (χ2v) is 3.53. The molecule has 2 rings (SSSR count). The summed E-state index contributed by atoms with van der Waals surface area (Å²) in [7, 11) is 1.60. The van der Waals surface area contributed by atoms with Gasteiger partial charge in [-0.1, -0.05) is 12.1 Å². The lowest BCUT2D eigenvalue weighted by molar-refractivity contribution is 0.397. The number of phenols is 1. The van der Waals surface area contributed by atoms with Gasteiger partial charge < -0.3 is 9.84 Å². The summed E-state index contributed by atoms with van der Waals surface area (Å²) in [5.74, 6) is 0.878. The minimum absolute atomic E-state index is 0.267. The minimum Gasteiger partial charge on any atom is -0.508 e. The molecule has 1 N–H and O–H groups in total. The molecule has 16 heavy (non-hydrogen) atoms. The summed E-state index contributed by atoms with van der Waals surface area (Å²) >= 11 is 0. The molecule has 0 saturated heterocycles. The fraction of sp³-hybridized carbons (Fsp3) is 0.154. The van der Waals surface area contributed by atoms with Crippen LogP contribution in [0.3, 0.4) is 0 Å². The molecule has 0 unspecified atom stereocenters. The number of aromatic nitrogens is 1. The standard InChI is InChI=1S/C13H13NO2/c1-9-12(7-8-13(14-9)16-2)10-3-5-11(15)6-4-10/h3-8,15H,1-2H3. The molecule has 0 amide bonds. The zero-order chi connectivity index (χ0) is 11.5. The predicted molar refractivity (Wildman–Crippen MR) is 62.6 cm³/mol. The van der Waals surface area contributed by atoms with Crippen LogP contribution in [0.15, 0.2) is 36.4 Å². The molecule has 1 heterocycles. The molecule has 0 radical (unpaired) electrons. The topological polar surface area (TPSA) is 42.4 Å². The van der Waals surface area contributed by atoms with Gasteiger partial charge in [0.05, 0.1) is 7.11 Å². The second-order valence-electron chi connectivity index (χ2n) is 3.53. The first-order chi connectivity index (χ1) is 7.70. The summed E-state index contributed by atoms with van der Waals surface area (Å²) in [6.45, 7) is 1.94. The second kappa shape index (κ2) is 4.23. The Bertz CT molecular complexity index is 492. The number of nitrogens with zero attached hydrogens (tertiary/aromatic N) is 1. The maximum Gasteiger partial charge on any atom is 0.213 e. The van der Waals surface area contributed by atoms with Crippen LogP contribution >= 0.6 is 0 Å². The van der Waals surface area contributed by atoms with Gasteiger partial charge in [-0.25, -0.2) is 4.98 Å². The molecule has 0 bridgehead atoms. The molecule has 0 aliphatic carbocycles. The zero-order valence-corrected chi connectivity index (χ0v) is 9.27. The van der Waals surface area contributed by atoms with Crippen LogP contribution < -0.4 is 4.74 Å². The maximum absolute atomic E-state index is 9.22. The van der Waals surface area contributed by atoms with Crippen LogP contribution in [0, 0.1) is 6.92 Å². The van der Waals surface area contributed by atoms with Crippen LogP contribution in [0.25, 0.3) is 11.1 Å². The predicted octanol–water partition coefficient (Wildman–Crippen LogP) is 2.77. The van der Waals surface area contributed by atoms with Gasteiger partial charge in [-0.15, -0.1) is 0 Å². The first-order valence-electron chi connectivity index (χ1n) is 5.02. The molecule has 1 aromatic carbocycles. The molecule has 82 valence electrons. The fourth-order valence-electron chi connectivity index (χ4n) is 1.60. The van der Waals surface area contributed by atoms with Crippen LogP contribution in [0.5, 0.6) is 11.6 Å². The Morgan fingerprint density at radius 2 is 1.75 bits per heavy atom. The highest BCUT2D eigenvalue weighted by molar-refractivity contribution is 5.66. The van der Waals surface area contributed by atoms with Gasteiger partial charge in [0.25, 0.3) is 0 Å². The van der Waals surface area contributed by atoms with Gasteiger partial charge in [-0.2, -0.15) is 0 Å². The Hall–Kier alpha value is -2.03. The lowest BCUT2D eigenvalue weighted by atomic mass is 10.0. The summed E-state index contributed by atoms with van der Waals surface area (Å²) in [4.78, 5) is 4.31. The van der Waals surface area contributed by atoms with E-state index in [1.807, 2.05) is 31.2 Å². The van der Waals surface area contributed by atoms with Crippen molar-refractivity contribution in [3.63, 3.8) is 0 Å². The van der Waals surface area contributed by atoms with Gasteiger partial charge in [-0.05, 0) is 30.7 Å². The first kappa shape index (κ1) is 10.5. The highest BCUT2D eigenvalue weighted by Gasteiger charge is 2.04. The van der Waals surface area contributed by atoms with Crippen molar-refractivity contribution in [1.29, 1.82) is 0 Å². The van der Waals surface area contributed by atoms with E-state index in [1.54, 1.807) is 19.2 Å². The van der Waals surface area contributed by atoms with Gasteiger partial charge in [0.1, 0.15) is 5.75 Å². The van der Waals surface area contributed by atoms with E-state index in [9.17, 15) is 5.11 Å². The Morgan fingerprint density at radius 1 is 1.06 bits per heavy atom. The van der Waals surface area contributed by atoms with Crippen LogP contribution in [0.1, 0.15) is 5.69 Å². The number of pyridine rings is 1. The molecule has 1 aromatic heterocycles. The highest BCUT2D eigenvalue weighted by Crippen LogP contribution is 2.25. The third-order valence-electron chi connectivity index (χ3n) is 2.45. The summed E-state index contributed by atoms with van der Waals surface area (Å²) < 4.78 is 5.05. The first-order valence-corrected chi connectivity index (χ1v) is 5.02. The van der Waals surface area contributed by atoms with Gasteiger partial charge in [0.15, 0.2) is 0 Å². The summed E-state index contributed by atoms with van der Waals surface area (Å²) in [6, 6.07) is 10.9. The molecule has 0 spiro atoms. The molecule has 2 aromatic rings. The largest absolute Gasteiger partial charge is 0.508 e. The van der Waals surface area contributed by atoms with E-state index in [4.69, 9.17) is 4.74 Å². The van der Waals surface area contributed by atoms with Crippen molar-refractivity contribution in [2.24, 2.45) is 0 Å². The zero-order valence-electron chi connectivity index (χ0n) is 9.27. The monoisotopic (exact) mass is 215 g/mol. The lowest BCUT2D eigenvalue weighted by Crippen LogP contribution is -1.92. The Labute approximate surface area is 94.3 Å². The third kappa shape index (κ3) is 1.98. The van der Waals surface area contributed by atoms with Gasteiger partial charge in [0.2, 0.25) is 5.88 Å². The minimum atomic E-state index is 0.267. The maximum atomic E-state index is 9.22. The van der Waals surface area contributed by atoms with E-state index in [-0.39, 0.29) is 5.75 Å². The SMILES string of the molecule is COc1ccc(-c2ccc(O)cc2)c(C)n1. The number of rotatable bonds is 2. The van der Waals surface area contributed by atoms with Gasteiger partial charge >= 0.3 is 0 Å². The molecule has 0 atom stereocenters. The Kier molecular flexibility index (Phi) is 2.77. The third-order valence-corrected chi connectivity index (χ3v) is 2.45. The number of benzene rings is 1. The number of hydrogen-bond donors (Lipinski definition) is 1. The number of hydrogen-bond acceptors (Lipinski definition) is 3. The van der Waals surface area contributed by atoms with Crippen molar-refractivity contribution in [2.75, 3.05) is 7.11 Å². The van der Waals surface area contributed by atoms with Crippen molar-refractivity contribution < 1.29 is 9.84 Å². The van der Waals surface area contributed by atoms with Crippen molar-refractivity contribution >= 4 is 0 Å². The van der Waals surface area contributed by atoms with Crippen LogP contribution in [0.2, 0.25) is 0 Å². The van der Waals surface area contributed by atoms with Crippen molar-refractivity contribution in [2.45, 2.75) is 6.92 Å². The number of methoxy groups -OCH3 is 1. The molecular formula is C13H13NO2. The van der Waals surface area contributed by atoms with Crippen LogP contribution in [-0.4, -0.2) is 17.2 Å². The lowest BCUT2D eigenvalue weighted by Gasteiger charge is -2.07. The van der Waals surface area contributed by atoms with E-state index in [2.05, 4.69) is 4.98 Å². The Morgan fingerprint density at radius 3 is 2.31 bits per heavy atom. The fourth-order valence-corrected chi connectivity index (χ4v) is 1.60. The van der Waals surface area contributed by atoms with Gasteiger partial charge in [-0.3, -0.25) is 0 Å².